The first-order valence-corrected chi connectivity index (χ1v) is 8.38. The first-order valence-electron chi connectivity index (χ1n) is 6.02. The number of nitrogens with one attached hydrogen (secondary N) is 1. The molecule has 1 amide bonds. The van der Waals surface area contributed by atoms with Crippen molar-refractivity contribution in [2.45, 2.75) is 24.5 Å². The van der Waals surface area contributed by atoms with Crippen molar-refractivity contribution in [3.8, 4) is 0 Å². The fourth-order valence-electron chi connectivity index (χ4n) is 1.57. The van der Waals surface area contributed by atoms with E-state index < -0.39 is 10.0 Å². The number of nitrogen functional groups attached to an aromatic ring is 1. The Hall–Kier alpha value is -1.12. The lowest BCUT2D eigenvalue weighted by molar-refractivity contribution is -0.130. The maximum absolute atomic E-state index is 11.9. The van der Waals surface area contributed by atoms with Gasteiger partial charge in [0.25, 0.3) is 0 Å². The van der Waals surface area contributed by atoms with Crippen molar-refractivity contribution < 1.29 is 13.2 Å². The number of thiophene rings is 1. The zero-order valence-corrected chi connectivity index (χ0v) is 12.7. The van der Waals surface area contributed by atoms with Crippen molar-refractivity contribution in [2.75, 3.05) is 25.4 Å². The van der Waals surface area contributed by atoms with Gasteiger partial charge in [-0.15, -0.1) is 11.3 Å². The number of nitrogens with zero attached hydrogens (tertiary/aromatic N) is 1. The smallest absolute Gasteiger partial charge is 0.250 e. The molecule has 0 saturated heterocycles. The number of hydrogen-bond donors (Lipinski definition) is 2. The minimum absolute atomic E-state index is 0.0570. The second-order valence-electron chi connectivity index (χ2n) is 3.91. The van der Waals surface area contributed by atoms with Gasteiger partial charge in [-0.05, 0) is 19.9 Å². The van der Waals surface area contributed by atoms with Crippen molar-refractivity contribution in [3.63, 3.8) is 0 Å². The van der Waals surface area contributed by atoms with E-state index in [2.05, 4.69) is 4.72 Å². The van der Waals surface area contributed by atoms with E-state index in [-0.39, 0.29) is 23.1 Å². The minimum atomic E-state index is -3.56. The van der Waals surface area contributed by atoms with Gasteiger partial charge in [-0.2, -0.15) is 0 Å². The molecule has 8 heteroatoms. The van der Waals surface area contributed by atoms with E-state index in [1.807, 2.05) is 13.8 Å². The number of carbonyl (C=O) groups excluding carboxylic acids is 1. The number of carbonyl (C=O) groups is 1. The first kappa shape index (κ1) is 15.9. The molecule has 0 saturated carbocycles. The van der Waals surface area contributed by atoms with Gasteiger partial charge in [0.1, 0.15) is 4.21 Å². The van der Waals surface area contributed by atoms with Crippen molar-refractivity contribution in [2.24, 2.45) is 0 Å². The standard InChI is InChI=1S/C11H19N3O3S2/c1-3-14(4-2)10(15)5-6-13-19(16,17)11-7-9(12)8-18-11/h7-8,13H,3-6,12H2,1-2H3. The highest BCUT2D eigenvalue weighted by Gasteiger charge is 2.17. The molecule has 0 fully saturated rings. The minimum Gasteiger partial charge on any atom is -0.398 e. The van der Waals surface area contributed by atoms with Crippen molar-refractivity contribution in [1.29, 1.82) is 0 Å². The van der Waals surface area contributed by atoms with Crippen LogP contribution in [0, 0.1) is 0 Å². The summed E-state index contributed by atoms with van der Waals surface area (Å²) in [4.78, 5) is 13.4. The highest BCUT2D eigenvalue weighted by Crippen LogP contribution is 2.21. The molecule has 1 aromatic heterocycles. The molecule has 3 N–H and O–H groups in total. The number of sulfonamides is 1. The van der Waals surface area contributed by atoms with E-state index in [1.54, 1.807) is 10.3 Å². The highest BCUT2D eigenvalue weighted by atomic mass is 32.2. The van der Waals surface area contributed by atoms with Gasteiger partial charge in [-0.3, -0.25) is 4.79 Å². The largest absolute Gasteiger partial charge is 0.398 e. The molecule has 0 spiro atoms. The molecule has 0 radical (unpaired) electrons. The van der Waals surface area contributed by atoms with E-state index in [1.165, 1.54) is 6.07 Å². The summed E-state index contributed by atoms with van der Waals surface area (Å²) in [5, 5.41) is 1.57. The fourth-order valence-corrected chi connectivity index (χ4v) is 3.73. The van der Waals surface area contributed by atoms with E-state index >= 15 is 0 Å². The van der Waals surface area contributed by atoms with Gasteiger partial charge >= 0.3 is 0 Å². The molecule has 1 heterocycles. The van der Waals surface area contributed by atoms with Crippen LogP contribution in [0.25, 0.3) is 0 Å². The van der Waals surface area contributed by atoms with E-state index in [4.69, 9.17) is 5.73 Å². The monoisotopic (exact) mass is 305 g/mol. The second-order valence-corrected chi connectivity index (χ2v) is 6.82. The molecule has 0 unspecified atom stereocenters. The molecule has 0 atom stereocenters. The third-order valence-corrected chi connectivity index (χ3v) is 5.53. The summed E-state index contributed by atoms with van der Waals surface area (Å²) < 4.78 is 26.3. The molecular formula is C11H19N3O3S2. The van der Waals surface area contributed by atoms with Crippen molar-refractivity contribution in [3.05, 3.63) is 11.4 Å². The molecule has 0 aliphatic heterocycles. The average molecular weight is 305 g/mol. The lowest BCUT2D eigenvalue weighted by Gasteiger charge is -2.18. The van der Waals surface area contributed by atoms with E-state index in [0.717, 1.165) is 11.3 Å². The number of anilines is 1. The van der Waals surface area contributed by atoms with Gasteiger partial charge in [-0.25, -0.2) is 13.1 Å². The lowest BCUT2D eigenvalue weighted by Crippen LogP contribution is -2.34. The Kier molecular flexibility index (Phi) is 5.77. The molecule has 0 aromatic carbocycles. The SMILES string of the molecule is CCN(CC)C(=O)CCNS(=O)(=O)c1cc(N)cs1. The van der Waals surface area contributed by atoms with Gasteiger partial charge in [-0.1, -0.05) is 0 Å². The van der Waals surface area contributed by atoms with Crippen LogP contribution in [0.2, 0.25) is 0 Å². The molecule has 1 aromatic rings. The summed E-state index contributed by atoms with van der Waals surface area (Å²) in [5.41, 5.74) is 5.91. The van der Waals surface area contributed by atoms with Crippen LogP contribution in [0.4, 0.5) is 5.69 Å². The molecule has 1 rings (SSSR count). The Labute approximate surface area is 117 Å². The van der Waals surface area contributed by atoms with E-state index in [9.17, 15) is 13.2 Å². The van der Waals surface area contributed by atoms with Gasteiger partial charge in [0, 0.05) is 37.1 Å². The molecule has 0 aliphatic carbocycles. The highest BCUT2D eigenvalue weighted by molar-refractivity contribution is 7.91. The summed E-state index contributed by atoms with van der Waals surface area (Å²) in [6.07, 6.45) is 0.155. The molecule has 0 bridgehead atoms. The summed E-state index contributed by atoms with van der Waals surface area (Å²) in [5.74, 6) is -0.0570. The van der Waals surface area contributed by atoms with Crippen LogP contribution in [-0.2, 0) is 14.8 Å². The van der Waals surface area contributed by atoms with Crippen molar-refractivity contribution in [1.82, 2.24) is 9.62 Å². The summed E-state index contributed by atoms with van der Waals surface area (Å²) in [7, 11) is -3.56. The molecule has 0 aliphatic rings. The van der Waals surface area contributed by atoms with Crippen LogP contribution in [0.15, 0.2) is 15.7 Å². The predicted molar refractivity (Wildman–Crippen MR) is 76.5 cm³/mol. The van der Waals surface area contributed by atoms with Crippen LogP contribution in [0.1, 0.15) is 20.3 Å². The molecule has 19 heavy (non-hydrogen) atoms. The average Bonchev–Trinajstić information content (AvgIpc) is 2.78. The van der Waals surface area contributed by atoms with Gasteiger partial charge in [0.15, 0.2) is 0 Å². The maximum Gasteiger partial charge on any atom is 0.250 e. The summed E-state index contributed by atoms with van der Waals surface area (Å²) in [6, 6.07) is 1.40. The van der Waals surface area contributed by atoms with Crippen LogP contribution in [0.3, 0.4) is 0 Å². The lowest BCUT2D eigenvalue weighted by atomic mass is 10.3. The Morgan fingerprint density at radius 2 is 2.05 bits per heavy atom. The Morgan fingerprint density at radius 1 is 1.42 bits per heavy atom. The molecule has 6 nitrogen and oxygen atoms in total. The Balaban J connectivity index is 2.51. The molecule has 108 valence electrons. The number of nitrogens with two attached hydrogens (primary N) is 1. The summed E-state index contributed by atoms with van der Waals surface area (Å²) in [6.45, 7) is 5.13. The summed E-state index contributed by atoms with van der Waals surface area (Å²) >= 11 is 1.06. The quantitative estimate of drug-likeness (QED) is 0.781. The van der Waals surface area contributed by atoms with Gasteiger partial charge < -0.3 is 10.6 Å². The Bertz CT molecular complexity index is 521. The molecular weight excluding hydrogens is 286 g/mol. The third kappa shape index (κ3) is 4.48. The predicted octanol–water partition coefficient (Wildman–Crippen LogP) is 0.867. The van der Waals surface area contributed by atoms with Crippen LogP contribution in [-0.4, -0.2) is 38.9 Å². The zero-order valence-electron chi connectivity index (χ0n) is 11.0. The maximum atomic E-state index is 11.9. The number of hydrogen-bond acceptors (Lipinski definition) is 5. The van der Waals surface area contributed by atoms with Gasteiger partial charge in [0.2, 0.25) is 15.9 Å². The zero-order chi connectivity index (χ0) is 14.5. The number of rotatable bonds is 7. The third-order valence-electron chi connectivity index (χ3n) is 2.61. The Morgan fingerprint density at radius 3 is 2.53 bits per heavy atom. The fraction of sp³-hybridized carbons (Fsp3) is 0.545. The van der Waals surface area contributed by atoms with Crippen LogP contribution >= 0.6 is 11.3 Å². The number of amides is 1. The first-order chi connectivity index (χ1) is 8.90. The van der Waals surface area contributed by atoms with Gasteiger partial charge in [0.05, 0.1) is 0 Å². The van der Waals surface area contributed by atoms with E-state index in [0.29, 0.717) is 18.8 Å². The van der Waals surface area contributed by atoms with Crippen LogP contribution < -0.4 is 10.5 Å². The van der Waals surface area contributed by atoms with Crippen LogP contribution in [0.5, 0.6) is 0 Å². The normalized spacial score (nSPS) is 11.5. The van der Waals surface area contributed by atoms with Crippen molar-refractivity contribution >= 4 is 33.0 Å². The second kappa shape index (κ2) is 6.88. The topological polar surface area (TPSA) is 92.5 Å².